The van der Waals surface area contributed by atoms with Crippen LogP contribution in [0.2, 0.25) is 0 Å². The molecule has 1 aliphatic rings. The molecular formula is C21H25NO4S. The summed E-state index contributed by atoms with van der Waals surface area (Å²) in [4.78, 5) is 15.9. The van der Waals surface area contributed by atoms with E-state index in [4.69, 9.17) is 14.2 Å². The Labute approximate surface area is 164 Å². The fraction of sp³-hybridized carbons (Fsp3) is 0.381. The van der Waals surface area contributed by atoms with Crippen LogP contribution in [-0.4, -0.2) is 45.2 Å². The molecule has 1 amide bonds. The largest absolute Gasteiger partial charge is 0.493 e. The third kappa shape index (κ3) is 4.45. The quantitative estimate of drug-likeness (QED) is 0.697. The number of methoxy groups -OCH3 is 3. The molecular weight excluding hydrogens is 362 g/mol. The Balaban J connectivity index is 1.65. The van der Waals surface area contributed by atoms with Crippen molar-refractivity contribution in [2.45, 2.75) is 18.8 Å². The minimum absolute atomic E-state index is 0.0355. The molecule has 2 aromatic rings. The van der Waals surface area contributed by atoms with E-state index in [1.807, 2.05) is 17.0 Å². The molecule has 0 spiro atoms. The van der Waals surface area contributed by atoms with Gasteiger partial charge in [-0.1, -0.05) is 6.07 Å². The van der Waals surface area contributed by atoms with E-state index in [0.717, 1.165) is 31.5 Å². The number of thiophene rings is 1. The number of piperidine rings is 1. The predicted octanol–water partition coefficient (Wildman–Crippen LogP) is 4.19. The molecule has 1 saturated heterocycles. The molecule has 0 atom stereocenters. The first-order chi connectivity index (χ1) is 13.2. The summed E-state index contributed by atoms with van der Waals surface area (Å²) in [5, 5.41) is 2.12. The van der Waals surface area contributed by atoms with Gasteiger partial charge < -0.3 is 19.1 Å². The summed E-state index contributed by atoms with van der Waals surface area (Å²) in [6.45, 7) is 1.59. The van der Waals surface area contributed by atoms with Gasteiger partial charge in [0, 0.05) is 24.0 Å². The van der Waals surface area contributed by atoms with E-state index in [-0.39, 0.29) is 5.91 Å². The van der Waals surface area contributed by atoms with Crippen molar-refractivity contribution < 1.29 is 19.0 Å². The van der Waals surface area contributed by atoms with E-state index in [2.05, 4.69) is 17.5 Å². The van der Waals surface area contributed by atoms with Gasteiger partial charge >= 0.3 is 0 Å². The summed E-state index contributed by atoms with van der Waals surface area (Å²) in [5.74, 6) is 2.29. The first kappa shape index (κ1) is 19.3. The van der Waals surface area contributed by atoms with E-state index < -0.39 is 0 Å². The van der Waals surface area contributed by atoms with Crippen LogP contribution >= 0.6 is 11.3 Å². The van der Waals surface area contributed by atoms with Crippen LogP contribution in [0.5, 0.6) is 17.2 Å². The number of ether oxygens (including phenoxy) is 3. The average molecular weight is 388 g/mol. The zero-order valence-corrected chi connectivity index (χ0v) is 16.8. The Morgan fingerprint density at radius 1 is 1.11 bits per heavy atom. The van der Waals surface area contributed by atoms with Crippen molar-refractivity contribution in [2.24, 2.45) is 0 Å². The minimum atomic E-state index is 0.0355. The second-order valence-corrected chi connectivity index (χ2v) is 7.39. The monoisotopic (exact) mass is 387 g/mol. The van der Waals surface area contributed by atoms with Crippen molar-refractivity contribution >= 4 is 23.3 Å². The number of carbonyl (C=O) groups excluding carboxylic acids is 1. The fourth-order valence-electron chi connectivity index (χ4n) is 3.38. The Kier molecular flexibility index (Phi) is 6.40. The molecule has 3 rings (SSSR count). The van der Waals surface area contributed by atoms with Gasteiger partial charge in [-0.3, -0.25) is 4.79 Å². The van der Waals surface area contributed by atoms with E-state index >= 15 is 0 Å². The van der Waals surface area contributed by atoms with Gasteiger partial charge in [0.1, 0.15) is 0 Å². The van der Waals surface area contributed by atoms with Gasteiger partial charge in [0.2, 0.25) is 11.7 Å². The van der Waals surface area contributed by atoms with E-state index in [1.165, 1.54) is 4.88 Å². The third-order valence-corrected chi connectivity index (χ3v) is 5.89. The zero-order chi connectivity index (χ0) is 19.2. The molecule has 1 fully saturated rings. The fourth-order valence-corrected chi connectivity index (χ4v) is 4.28. The van der Waals surface area contributed by atoms with Crippen molar-refractivity contribution in [1.82, 2.24) is 4.90 Å². The van der Waals surface area contributed by atoms with Crippen LogP contribution < -0.4 is 14.2 Å². The lowest BCUT2D eigenvalue weighted by atomic mass is 9.95. The van der Waals surface area contributed by atoms with Crippen LogP contribution in [0.3, 0.4) is 0 Å². The zero-order valence-electron chi connectivity index (χ0n) is 15.9. The van der Waals surface area contributed by atoms with Crippen LogP contribution in [0, 0.1) is 0 Å². The van der Waals surface area contributed by atoms with Gasteiger partial charge in [-0.25, -0.2) is 0 Å². The van der Waals surface area contributed by atoms with E-state index in [1.54, 1.807) is 44.8 Å². The maximum atomic E-state index is 12.6. The molecule has 27 heavy (non-hydrogen) atoms. The molecule has 144 valence electrons. The number of nitrogens with zero attached hydrogens (tertiary/aromatic N) is 1. The third-order valence-electron chi connectivity index (χ3n) is 4.86. The summed E-state index contributed by atoms with van der Waals surface area (Å²) in [5.41, 5.74) is 0.825. The Bertz CT molecular complexity index is 768. The standard InChI is InChI=1S/C21H25NO4S/c1-24-17-13-15(14-18(25-2)21(17)26-3)6-7-20(23)22-10-8-16(9-11-22)19-5-4-12-27-19/h4-7,12-14,16H,8-11H2,1-3H3/b7-6+. The summed E-state index contributed by atoms with van der Waals surface area (Å²) < 4.78 is 16.0. The molecule has 1 aromatic heterocycles. The van der Waals surface area contributed by atoms with Gasteiger partial charge in [0.25, 0.3) is 0 Å². The highest BCUT2D eigenvalue weighted by Crippen LogP contribution is 2.38. The average Bonchev–Trinajstić information content (AvgIpc) is 3.26. The van der Waals surface area contributed by atoms with Gasteiger partial charge in [-0.15, -0.1) is 11.3 Å². The van der Waals surface area contributed by atoms with Crippen LogP contribution in [0.1, 0.15) is 29.2 Å². The van der Waals surface area contributed by atoms with Crippen molar-refractivity contribution in [1.29, 1.82) is 0 Å². The maximum Gasteiger partial charge on any atom is 0.246 e. The van der Waals surface area contributed by atoms with Crippen molar-refractivity contribution in [3.63, 3.8) is 0 Å². The van der Waals surface area contributed by atoms with Crippen LogP contribution in [0.4, 0.5) is 0 Å². The number of rotatable bonds is 6. The number of hydrogen-bond acceptors (Lipinski definition) is 5. The number of hydrogen-bond donors (Lipinski definition) is 0. The summed E-state index contributed by atoms with van der Waals surface area (Å²) in [6, 6.07) is 7.94. The topological polar surface area (TPSA) is 48.0 Å². The van der Waals surface area contributed by atoms with Crippen LogP contribution in [0.25, 0.3) is 6.08 Å². The van der Waals surface area contributed by atoms with Gasteiger partial charge in [0.05, 0.1) is 21.3 Å². The number of likely N-dealkylation sites (tertiary alicyclic amines) is 1. The lowest BCUT2D eigenvalue weighted by Crippen LogP contribution is -2.36. The second kappa shape index (κ2) is 8.95. The molecule has 6 heteroatoms. The lowest BCUT2D eigenvalue weighted by molar-refractivity contribution is -0.126. The van der Waals surface area contributed by atoms with Crippen LogP contribution in [-0.2, 0) is 4.79 Å². The van der Waals surface area contributed by atoms with Crippen molar-refractivity contribution in [2.75, 3.05) is 34.4 Å². The number of benzene rings is 1. The van der Waals surface area contributed by atoms with Crippen molar-refractivity contribution in [3.05, 3.63) is 46.2 Å². The molecule has 0 N–H and O–H groups in total. The maximum absolute atomic E-state index is 12.6. The molecule has 1 aliphatic heterocycles. The molecule has 0 unspecified atom stereocenters. The van der Waals surface area contributed by atoms with Gasteiger partial charge in [-0.05, 0) is 54.0 Å². The van der Waals surface area contributed by atoms with E-state index in [0.29, 0.717) is 23.2 Å². The molecule has 0 bridgehead atoms. The highest BCUT2D eigenvalue weighted by molar-refractivity contribution is 7.10. The van der Waals surface area contributed by atoms with Crippen LogP contribution in [0.15, 0.2) is 35.7 Å². The van der Waals surface area contributed by atoms with Gasteiger partial charge in [-0.2, -0.15) is 0 Å². The highest BCUT2D eigenvalue weighted by atomic mass is 32.1. The summed E-state index contributed by atoms with van der Waals surface area (Å²) >= 11 is 1.81. The molecule has 5 nitrogen and oxygen atoms in total. The minimum Gasteiger partial charge on any atom is -0.493 e. The Hall–Kier alpha value is -2.47. The first-order valence-corrected chi connectivity index (χ1v) is 9.84. The first-order valence-electron chi connectivity index (χ1n) is 8.96. The Morgan fingerprint density at radius 2 is 1.78 bits per heavy atom. The van der Waals surface area contributed by atoms with E-state index in [9.17, 15) is 4.79 Å². The Morgan fingerprint density at radius 3 is 2.30 bits per heavy atom. The molecule has 0 radical (unpaired) electrons. The molecule has 2 heterocycles. The number of amides is 1. The summed E-state index contributed by atoms with van der Waals surface area (Å²) in [7, 11) is 4.72. The molecule has 1 aromatic carbocycles. The molecule has 0 aliphatic carbocycles. The lowest BCUT2D eigenvalue weighted by Gasteiger charge is -2.30. The predicted molar refractivity (Wildman–Crippen MR) is 108 cm³/mol. The summed E-state index contributed by atoms with van der Waals surface area (Å²) in [6.07, 6.45) is 5.44. The SMILES string of the molecule is COc1cc(/C=C/C(=O)N2CCC(c3cccs3)CC2)cc(OC)c1OC. The van der Waals surface area contributed by atoms with Gasteiger partial charge in [0.15, 0.2) is 11.5 Å². The second-order valence-electron chi connectivity index (χ2n) is 6.41. The highest BCUT2D eigenvalue weighted by Gasteiger charge is 2.23. The number of carbonyl (C=O) groups is 1. The molecule has 0 saturated carbocycles. The smallest absolute Gasteiger partial charge is 0.246 e. The normalized spacial score (nSPS) is 15.1. The van der Waals surface area contributed by atoms with Crippen molar-refractivity contribution in [3.8, 4) is 17.2 Å².